The maximum absolute atomic E-state index is 11.1. The Balaban J connectivity index is 2.47. The van der Waals surface area contributed by atoms with Crippen molar-refractivity contribution in [1.82, 2.24) is 4.98 Å². The van der Waals surface area contributed by atoms with Crippen molar-refractivity contribution in [1.29, 1.82) is 0 Å². The number of nitro groups is 1. The molecule has 1 aliphatic rings. The zero-order valence-electron chi connectivity index (χ0n) is 8.25. The molecule has 2 rings (SSSR count). The highest BCUT2D eigenvalue weighted by molar-refractivity contribution is 5.96. The van der Waals surface area contributed by atoms with Crippen molar-refractivity contribution in [2.75, 3.05) is 0 Å². The van der Waals surface area contributed by atoms with E-state index in [9.17, 15) is 14.9 Å². The first-order valence-corrected chi connectivity index (χ1v) is 4.69. The molecular formula is C9H9N3O4. The van der Waals surface area contributed by atoms with Gasteiger partial charge in [0.15, 0.2) is 0 Å². The van der Waals surface area contributed by atoms with Crippen LogP contribution in [0.2, 0.25) is 0 Å². The Bertz CT molecular complexity index is 424. The van der Waals surface area contributed by atoms with Crippen LogP contribution >= 0.6 is 0 Å². The number of ether oxygens (including phenoxy) is 1. The normalized spacial score (nSPS) is 14.5. The van der Waals surface area contributed by atoms with Gasteiger partial charge >= 0.3 is 5.82 Å². The van der Waals surface area contributed by atoms with Crippen LogP contribution in [0, 0.1) is 10.1 Å². The van der Waals surface area contributed by atoms with E-state index in [1.165, 1.54) is 6.07 Å². The number of nitrogens with zero attached hydrogens (tertiary/aromatic N) is 2. The second kappa shape index (κ2) is 3.76. The average Bonchev–Trinajstić information content (AvgIpc) is 3.01. The molecule has 0 aromatic carbocycles. The van der Waals surface area contributed by atoms with Crippen molar-refractivity contribution in [2.45, 2.75) is 18.9 Å². The quantitative estimate of drug-likeness (QED) is 0.594. The van der Waals surface area contributed by atoms with Crippen LogP contribution in [-0.4, -0.2) is 21.9 Å². The SMILES string of the molecule is NC(=O)c1ccnc([N+](=O)[O-])c1OC1CC1. The van der Waals surface area contributed by atoms with Gasteiger partial charge in [0.25, 0.3) is 5.91 Å². The van der Waals surface area contributed by atoms with Crippen LogP contribution in [0.5, 0.6) is 5.75 Å². The first kappa shape index (κ1) is 10.3. The van der Waals surface area contributed by atoms with E-state index in [0.29, 0.717) is 0 Å². The molecule has 0 atom stereocenters. The molecule has 0 spiro atoms. The van der Waals surface area contributed by atoms with Crippen molar-refractivity contribution < 1.29 is 14.5 Å². The van der Waals surface area contributed by atoms with E-state index in [4.69, 9.17) is 10.5 Å². The molecule has 1 aliphatic carbocycles. The lowest BCUT2D eigenvalue weighted by atomic mass is 10.2. The van der Waals surface area contributed by atoms with Crippen LogP contribution < -0.4 is 10.5 Å². The maximum atomic E-state index is 11.1. The topological polar surface area (TPSA) is 108 Å². The predicted molar refractivity (Wildman–Crippen MR) is 53.1 cm³/mol. The van der Waals surface area contributed by atoms with Crippen molar-refractivity contribution in [2.24, 2.45) is 5.73 Å². The Morgan fingerprint density at radius 1 is 1.62 bits per heavy atom. The van der Waals surface area contributed by atoms with Crippen LogP contribution in [0.15, 0.2) is 12.3 Å². The smallest absolute Gasteiger partial charge is 0.407 e. The molecule has 1 heterocycles. The van der Waals surface area contributed by atoms with Crippen molar-refractivity contribution in [3.8, 4) is 5.75 Å². The highest BCUT2D eigenvalue weighted by Crippen LogP contribution is 2.34. The summed E-state index contributed by atoms with van der Waals surface area (Å²) in [6, 6.07) is 1.31. The summed E-state index contributed by atoms with van der Waals surface area (Å²) in [7, 11) is 0. The number of carbonyl (C=O) groups is 1. The standard InChI is InChI=1S/C9H9N3O4/c10-8(13)6-3-4-11-9(12(14)15)7(6)16-5-1-2-5/h3-5H,1-2H2,(H2,10,13). The summed E-state index contributed by atoms with van der Waals surface area (Å²) in [5.74, 6) is -1.35. The minimum atomic E-state index is -0.763. The van der Waals surface area contributed by atoms with Crippen LogP contribution in [0.1, 0.15) is 23.2 Å². The largest absolute Gasteiger partial charge is 0.482 e. The molecule has 7 nitrogen and oxygen atoms in total. The molecule has 0 unspecified atom stereocenters. The van der Waals surface area contributed by atoms with Gasteiger partial charge in [0.2, 0.25) is 5.75 Å². The van der Waals surface area contributed by atoms with Gasteiger partial charge in [-0.25, -0.2) is 0 Å². The molecule has 2 N–H and O–H groups in total. The van der Waals surface area contributed by atoms with E-state index < -0.39 is 16.6 Å². The molecule has 1 amide bonds. The van der Waals surface area contributed by atoms with E-state index in [1.807, 2.05) is 0 Å². The lowest BCUT2D eigenvalue weighted by Crippen LogP contribution is -2.15. The number of aromatic nitrogens is 1. The Kier molecular flexibility index (Phi) is 2.43. The Labute approximate surface area is 90.4 Å². The zero-order chi connectivity index (χ0) is 11.7. The van der Waals surface area contributed by atoms with Crippen LogP contribution in [-0.2, 0) is 0 Å². The molecule has 0 radical (unpaired) electrons. The fourth-order valence-electron chi connectivity index (χ4n) is 1.23. The van der Waals surface area contributed by atoms with Crippen molar-refractivity contribution in [3.63, 3.8) is 0 Å². The number of primary amides is 1. The minimum absolute atomic E-state index is 0.00593. The third-order valence-electron chi connectivity index (χ3n) is 2.13. The van der Waals surface area contributed by atoms with Gasteiger partial charge < -0.3 is 20.6 Å². The number of rotatable bonds is 4. The lowest BCUT2D eigenvalue weighted by molar-refractivity contribution is -0.390. The third-order valence-corrected chi connectivity index (χ3v) is 2.13. The summed E-state index contributed by atoms with van der Waals surface area (Å²) in [5, 5.41) is 10.7. The van der Waals surface area contributed by atoms with E-state index in [2.05, 4.69) is 4.98 Å². The molecule has 84 valence electrons. The third kappa shape index (κ3) is 1.92. The molecule has 7 heteroatoms. The summed E-state index contributed by atoms with van der Waals surface area (Å²) in [5.41, 5.74) is 5.10. The summed E-state index contributed by atoms with van der Waals surface area (Å²) in [6.45, 7) is 0. The number of hydrogen-bond donors (Lipinski definition) is 1. The van der Waals surface area contributed by atoms with Gasteiger partial charge in [-0.2, -0.15) is 0 Å². The molecule has 0 saturated heterocycles. The van der Waals surface area contributed by atoms with Gasteiger partial charge in [-0.05, 0) is 28.8 Å². The summed E-state index contributed by atoms with van der Waals surface area (Å²) < 4.78 is 5.31. The molecule has 1 aromatic heterocycles. The first-order valence-electron chi connectivity index (χ1n) is 4.69. The Morgan fingerprint density at radius 2 is 2.31 bits per heavy atom. The van der Waals surface area contributed by atoms with E-state index in [1.54, 1.807) is 0 Å². The molecule has 0 bridgehead atoms. The Morgan fingerprint density at radius 3 is 2.81 bits per heavy atom. The van der Waals surface area contributed by atoms with E-state index in [0.717, 1.165) is 19.0 Å². The van der Waals surface area contributed by atoms with Crippen LogP contribution in [0.3, 0.4) is 0 Å². The van der Waals surface area contributed by atoms with Gasteiger partial charge in [0.05, 0.1) is 11.7 Å². The van der Waals surface area contributed by atoms with Gasteiger partial charge in [0, 0.05) is 0 Å². The monoisotopic (exact) mass is 223 g/mol. The molecular weight excluding hydrogens is 214 g/mol. The summed E-state index contributed by atoms with van der Waals surface area (Å²) in [4.78, 5) is 24.7. The number of hydrogen-bond acceptors (Lipinski definition) is 5. The molecule has 1 fully saturated rings. The van der Waals surface area contributed by atoms with Gasteiger partial charge in [-0.1, -0.05) is 0 Å². The fraction of sp³-hybridized carbons (Fsp3) is 0.333. The predicted octanol–water partition coefficient (Wildman–Crippen LogP) is 0.630. The fourth-order valence-corrected chi connectivity index (χ4v) is 1.23. The maximum Gasteiger partial charge on any atom is 0.407 e. The van der Waals surface area contributed by atoms with E-state index >= 15 is 0 Å². The second-order valence-electron chi connectivity index (χ2n) is 3.45. The van der Waals surface area contributed by atoms with Gasteiger partial charge in [0.1, 0.15) is 6.20 Å². The number of amides is 1. The lowest BCUT2D eigenvalue weighted by Gasteiger charge is -2.07. The number of nitrogens with two attached hydrogens (primary N) is 1. The molecule has 1 aromatic rings. The van der Waals surface area contributed by atoms with Crippen LogP contribution in [0.25, 0.3) is 0 Å². The highest BCUT2D eigenvalue weighted by Gasteiger charge is 2.31. The number of pyridine rings is 1. The summed E-state index contributed by atoms with van der Waals surface area (Å²) >= 11 is 0. The number of carbonyl (C=O) groups excluding carboxylic acids is 1. The van der Waals surface area contributed by atoms with E-state index in [-0.39, 0.29) is 17.4 Å². The molecule has 0 aliphatic heterocycles. The Hall–Kier alpha value is -2.18. The molecule has 1 saturated carbocycles. The van der Waals surface area contributed by atoms with Crippen LogP contribution in [0.4, 0.5) is 5.82 Å². The minimum Gasteiger partial charge on any atom is -0.482 e. The van der Waals surface area contributed by atoms with Crippen molar-refractivity contribution >= 4 is 11.7 Å². The summed E-state index contributed by atoms with van der Waals surface area (Å²) in [6.07, 6.45) is 2.74. The average molecular weight is 223 g/mol. The highest BCUT2D eigenvalue weighted by atomic mass is 16.6. The van der Waals surface area contributed by atoms with Gasteiger partial charge in [-0.15, -0.1) is 0 Å². The molecule has 16 heavy (non-hydrogen) atoms. The zero-order valence-corrected chi connectivity index (χ0v) is 8.25. The second-order valence-corrected chi connectivity index (χ2v) is 3.45. The van der Waals surface area contributed by atoms with Gasteiger partial charge in [-0.3, -0.25) is 4.79 Å². The first-order chi connectivity index (χ1) is 7.59. The van der Waals surface area contributed by atoms with Crippen molar-refractivity contribution in [3.05, 3.63) is 27.9 Å².